The van der Waals surface area contributed by atoms with Crippen LogP contribution in [0.25, 0.3) is 0 Å². The summed E-state index contributed by atoms with van der Waals surface area (Å²) in [4.78, 5) is 24.5. The van der Waals surface area contributed by atoms with E-state index in [9.17, 15) is 9.59 Å². The molecule has 5 nitrogen and oxygen atoms in total. The monoisotopic (exact) mass is 226 g/mol. The third-order valence-electron chi connectivity index (χ3n) is 3.25. The molecule has 1 atom stereocenters. The number of amides is 2. The minimum absolute atomic E-state index is 0.0354. The van der Waals surface area contributed by atoms with Gasteiger partial charge in [0.15, 0.2) is 0 Å². The summed E-state index contributed by atoms with van der Waals surface area (Å²) in [7, 11) is 0. The Balaban J connectivity index is 1.95. The highest BCUT2D eigenvalue weighted by molar-refractivity contribution is 5.85. The van der Waals surface area contributed by atoms with Gasteiger partial charge in [-0.25, -0.2) is 4.79 Å². The molecule has 1 heterocycles. The second-order valence-corrected chi connectivity index (χ2v) is 4.73. The SMILES string of the molecule is O=C(O)N[C@H]1CCCCN(CC2CC2)C1=O. The van der Waals surface area contributed by atoms with Gasteiger partial charge in [0.25, 0.3) is 0 Å². The van der Waals surface area contributed by atoms with Gasteiger partial charge in [0.2, 0.25) is 5.91 Å². The lowest BCUT2D eigenvalue weighted by Gasteiger charge is -2.24. The molecule has 90 valence electrons. The van der Waals surface area contributed by atoms with Crippen LogP contribution < -0.4 is 5.32 Å². The number of carbonyl (C=O) groups excluding carboxylic acids is 1. The summed E-state index contributed by atoms with van der Waals surface area (Å²) in [6, 6.07) is -0.529. The van der Waals surface area contributed by atoms with Gasteiger partial charge in [-0.2, -0.15) is 0 Å². The first kappa shape index (κ1) is 11.2. The fourth-order valence-electron chi connectivity index (χ4n) is 2.18. The van der Waals surface area contributed by atoms with Gasteiger partial charge < -0.3 is 15.3 Å². The molecule has 2 rings (SSSR count). The standard InChI is InChI=1S/C11H18N2O3/c14-10-9(12-11(15)16)3-1-2-6-13(10)7-8-4-5-8/h8-9,12H,1-7H2,(H,15,16)/t9-/m0/s1. The van der Waals surface area contributed by atoms with Crippen LogP contribution in [0.3, 0.4) is 0 Å². The molecule has 0 radical (unpaired) electrons. The lowest BCUT2D eigenvalue weighted by Crippen LogP contribution is -2.47. The Labute approximate surface area is 94.8 Å². The Kier molecular flexibility index (Phi) is 3.31. The minimum atomic E-state index is -1.10. The van der Waals surface area contributed by atoms with Crippen LogP contribution in [-0.4, -0.2) is 41.1 Å². The van der Waals surface area contributed by atoms with Crippen LogP contribution in [0.2, 0.25) is 0 Å². The molecule has 0 unspecified atom stereocenters. The molecule has 0 aromatic heterocycles. The van der Waals surface area contributed by atoms with E-state index in [1.54, 1.807) is 0 Å². The lowest BCUT2D eigenvalue weighted by molar-refractivity contribution is -0.133. The zero-order valence-electron chi connectivity index (χ0n) is 9.32. The molecular weight excluding hydrogens is 208 g/mol. The molecule has 1 aliphatic heterocycles. The normalized spacial score (nSPS) is 26.4. The molecule has 0 aromatic rings. The molecule has 16 heavy (non-hydrogen) atoms. The van der Waals surface area contributed by atoms with E-state index >= 15 is 0 Å². The molecular formula is C11H18N2O3. The summed E-state index contributed by atoms with van der Waals surface area (Å²) < 4.78 is 0. The van der Waals surface area contributed by atoms with Crippen molar-refractivity contribution in [3.8, 4) is 0 Å². The average Bonchev–Trinajstić information content (AvgIpc) is 3.02. The average molecular weight is 226 g/mol. The van der Waals surface area contributed by atoms with Crippen LogP contribution in [-0.2, 0) is 4.79 Å². The molecule has 2 amide bonds. The predicted molar refractivity (Wildman–Crippen MR) is 58.1 cm³/mol. The summed E-state index contributed by atoms with van der Waals surface area (Å²) in [5.74, 6) is 0.624. The van der Waals surface area contributed by atoms with Crippen molar-refractivity contribution in [2.24, 2.45) is 5.92 Å². The maximum Gasteiger partial charge on any atom is 0.405 e. The Bertz CT molecular complexity index is 289. The van der Waals surface area contributed by atoms with Crippen molar-refractivity contribution < 1.29 is 14.7 Å². The van der Waals surface area contributed by atoms with Crippen molar-refractivity contribution in [3.63, 3.8) is 0 Å². The van der Waals surface area contributed by atoms with E-state index in [1.807, 2.05) is 4.90 Å². The lowest BCUT2D eigenvalue weighted by atomic mass is 10.1. The van der Waals surface area contributed by atoms with Crippen LogP contribution in [0.4, 0.5) is 4.79 Å². The quantitative estimate of drug-likeness (QED) is 0.755. The maximum atomic E-state index is 12.0. The Hall–Kier alpha value is -1.26. The van der Waals surface area contributed by atoms with Crippen LogP contribution >= 0.6 is 0 Å². The first-order chi connectivity index (χ1) is 7.66. The predicted octanol–water partition coefficient (Wildman–Crippen LogP) is 1.05. The van der Waals surface area contributed by atoms with Gasteiger partial charge in [-0.05, 0) is 38.0 Å². The van der Waals surface area contributed by atoms with Crippen molar-refractivity contribution in [3.05, 3.63) is 0 Å². The molecule has 2 aliphatic rings. The Morgan fingerprint density at radius 2 is 2.12 bits per heavy atom. The highest BCUT2D eigenvalue weighted by atomic mass is 16.4. The van der Waals surface area contributed by atoms with E-state index in [0.717, 1.165) is 25.9 Å². The van der Waals surface area contributed by atoms with E-state index in [4.69, 9.17) is 5.11 Å². The second-order valence-electron chi connectivity index (χ2n) is 4.73. The van der Waals surface area contributed by atoms with Crippen molar-refractivity contribution in [2.45, 2.75) is 38.1 Å². The molecule has 1 saturated heterocycles. The molecule has 1 aliphatic carbocycles. The topological polar surface area (TPSA) is 69.6 Å². The number of nitrogens with one attached hydrogen (secondary N) is 1. The molecule has 0 aromatic carbocycles. The number of hydrogen-bond donors (Lipinski definition) is 2. The highest BCUT2D eigenvalue weighted by Crippen LogP contribution is 2.30. The van der Waals surface area contributed by atoms with Gasteiger partial charge in [-0.3, -0.25) is 4.79 Å². The summed E-state index contributed by atoms with van der Waals surface area (Å²) in [6.45, 7) is 1.60. The number of hydrogen-bond acceptors (Lipinski definition) is 2. The summed E-state index contributed by atoms with van der Waals surface area (Å²) in [5, 5.41) is 11.0. The third-order valence-corrected chi connectivity index (χ3v) is 3.25. The van der Waals surface area contributed by atoms with E-state index in [1.165, 1.54) is 12.8 Å². The summed E-state index contributed by atoms with van der Waals surface area (Å²) >= 11 is 0. The van der Waals surface area contributed by atoms with Gasteiger partial charge in [0.05, 0.1) is 0 Å². The number of rotatable bonds is 3. The van der Waals surface area contributed by atoms with E-state index < -0.39 is 12.1 Å². The van der Waals surface area contributed by atoms with E-state index in [2.05, 4.69) is 5.32 Å². The van der Waals surface area contributed by atoms with Gasteiger partial charge in [0.1, 0.15) is 6.04 Å². The highest BCUT2D eigenvalue weighted by Gasteiger charge is 2.32. The van der Waals surface area contributed by atoms with E-state index in [0.29, 0.717) is 12.3 Å². The summed E-state index contributed by atoms with van der Waals surface area (Å²) in [5.41, 5.74) is 0. The largest absolute Gasteiger partial charge is 0.465 e. The molecule has 0 spiro atoms. The maximum absolute atomic E-state index is 12.0. The van der Waals surface area contributed by atoms with Crippen molar-refractivity contribution >= 4 is 12.0 Å². The first-order valence-corrected chi connectivity index (χ1v) is 5.95. The first-order valence-electron chi connectivity index (χ1n) is 5.95. The number of likely N-dealkylation sites (tertiary alicyclic amines) is 1. The molecule has 2 N–H and O–H groups in total. The van der Waals surface area contributed by atoms with Crippen LogP contribution in [0, 0.1) is 5.92 Å². The summed E-state index contributed by atoms with van der Waals surface area (Å²) in [6.07, 6.45) is 3.84. The number of carboxylic acid groups (broad SMARTS) is 1. The number of nitrogens with zero attached hydrogens (tertiary/aromatic N) is 1. The fraction of sp³-hybridized carbons (Fsp3) is 0.818. The zero-order chi connectivity index (χ0) is 11.5. The molecule has 1 saturated carbocycles. The van der Waals surface area contributed by atoms with Gasteiger partial charge >= 0.3 is 6.09 Å². The van der Waals surface area contributed by atoms with Gasteiger partial charge in [-0.1, -0.05) is 0 Å². The fourth-order valence-corrected chi connectivity index (χ4v) is 2.18. The van der Waals surface area contributed by atoms with Crippen LogP contribution in [0.5, 0.6) is 0 Å². The van der Waals surface area contributed by atoms with Crippen molar-refractivity contribution in [2.75, 3.05) is 13.1 Å². The second kappa shape index (κ2) is 4.72. The third kappa shape index (κ3) is 2.87. The molecule has 0 bridgehead atoms. The Morgan fingerprint density at radius 1 is 1.38 bits per heavy atom. The van der Waals surface area contributed by atoms with Gasteiger partial charge in [-0.15, -0.1) is 0 Å². The molecule has 5 heteroatoms. The smallest absolute Gasteiger partial charge is 0.405 e. The number of carbonyl (C=O) groups is 2. The van der Waals surface area contributed by atoms with Crippen molar-refractivity contribution in [1.29, 1.82) is 0 Å². The van der Waals surface area contributed by atoms with Gasteiger partial charge in [0, 0.05) is 13.1 Å². The molecule has 2 fully saturated rings. The van der Waals surface area contributed by atoms with Crippen molar-refractivity contribution in [1.82, 2.24) is 10.2 Å². The van der Waals surface area contributed by atoms with Crippen LogP contribution in [0.1, 0.15) is 32.1 Å². The van der Waals surface area contributed by atoms with E-state index in [-0.39, 0.29) is 5.91 Å². The minimum Gasteiger partial charge on any atom is -0.465 e. The Morgan fingerprint density at radius 3 is 2.75 bits per heavy atom. The van der Waals surface area contributed by atoms with Crippen LogP contribution in [0.15, 0.2) is 0 Å². The zero-order valence-corrected chi connectivity index (χ0v) is 9.32.